The van der Waals surface area contributed by atoms with Crippen LogP contribution in [-0.2, 0) is 15.6 Å². The lowest BCUT2D eigenvalue weighted by Crippen LogP contribution is -2.50. The third-order valence-corrected chi connectivity index (χ3v) is 5.59. The van der Waals surface area contributed by atoms with Gasteiger partial charge in [-0.1, -0.05) is 6.07 Å². The van der Waals surface area contributed by atoms with E-state index in [0.29, 0.717) is 31.9 Å². The maximum atomic E-state index is 13.8. The Morgan fingerprint density at radius 2 is 1.56 bits per heavy atom. The minimum absolute atomic E-state index is 0.119. The standard InChI is InChI=1S/C22H33BF3N2O4/c1-19(2,3)31-18(29)28-12-10-27(11-13-28)15-8-9-17(16(14-15)22(24,25)26)23-32-21(6,7)20(4,5)30/h8-9,14,30H,10-13H2,1-7H3. The van der Waals surface area contributed by atoms with Gasteiger partial charge in [-0.25, -0.2) is 4.79 Å². The minimum atomic E-state index is -4.58. The fourth-order valence-corrected chi connectivity index (χ4v) is 2.92. The van der Waals surface area contributed by atoms with Gasteiger partial charge in [-0.3, -0.25) is 0 Å². The molecule has 1 amide bonds. The van der Waals surface area contributed by atoms with Crippen molar-refractivity contribution in [1.29, 1.82) is 0 Å². The number of benzene rings is 1. The summed E-state index contributed by atoms with van der Waals surface area (Å²) in [6.07, 6.45) is -5.01. The number of hydrogen-bond acceptors (Lipinski definition) is 5. The monoisotopic (exact) mass is 457 g/mol. The van der Waals surface area contributed by atoms with Crippen molar-refractivity contribution < 1.29 is 32.5 Å². The number of ether oxygens (including phenoxy) is 1. The molecule has 1 aromatic carbocycles. The molecule has 0 atom stereocenters. The van der Waals surface area contributed by atoms with Crippen LogP contribution in [0.3, 0.4) is 0 Å². The lowest BCUT2D eigenvalue weighted by molar-refractivity contribution is -0.136. The number of alkyl halides is 3. The minimum Gasteiger partial charge on any atom is -0.444 e. The maximum absolute atomic E-state index is 13.8. The highest BCUT2D eigenvalue weighted by molar-refractivity contribution is 6.48. The van der Waals surface area contributed by atoms with E-state index < -0.39 is 34.6 Å². The molecule has 1 radical (unpaired) electrons. The number of carbonyl (C=O) groups excluding carboxylic acids is 1. The highest BCUT2D eigenvalue weighted by Crippen LogP contribution is 2.32. The second-order valence-corrected chi connectivity index (χ2v) is 10.0. The number of nitrogens with zero attached hydrogens (tertiary/aromatic N) is 2. The smallest absolute Gasteiger partial charge is 0.416 e. The van der Waals surface area contributed by atoms with Crippen molar-refractivity contribution in [3.8, 4) is 0 Å². The van der Waals surface area contributed by atoms with Crippen molar-refractivity contribution in [2.75, 3.05) is 31.1 Å². The number of rotatable bonds is 5. The van der Waals surface area contributed by atoms with Crippen LogP contribution in [0.1, 0.15) is 54.0 Å². The van der Waals surface area contributed by atoms with E-state index in [-0.39, 0.29) is 5.46 Å². The van der Waals surface area contributed by atoms with Gasteiger partial charge in [-0.2, -0.15) is 13.2 Å². The summed E-state index contributed by atoms with van der Waals surface area (Å²) < 4.78 is 52.2. The highest BCUT2D eigenvalue weighted by Gasteiger charge is 2.38. The SMILES string of the molecule is CC(C)(C)OC(=O)N1CCN(c2ccc([B]OC(C)(C)C(C)(C)O)c(C(F)(F)F)c2)CC1. The largest absolute Gasteiger partial charge is 0.444 e. The van der Waals surface area contributed by atoms with E-state index in [1.54, 1.807) is 45.6 Å². The van der Waals surface area contributed by atoms with Gasteiger partial charge in [0.05, 0.1) is 16.8 Å². The molecule has 1 N–H and O–H groups in total. The highest BCUT2D eigenvalue weighted by atomic mass is 19.4. The van der Waals surface area contributed by atoms with E-state index in [9.17, 15) is 23.1 Å². The second kappa shape index (κ2) is 9.13. The number of carbonyl (C=O) groups is 1. The topological polar surface area (TPSA) is 62.2 Å². The summed E-state index contributed by atoms with van der Waals surface area (Å²) in [5, 5.41) is 10.2. The molecule has 1 aliphatic rings. The molecule has 6 nitrogen and oxygen atoms in total. The Balaban J connectivity index is 2.14. The summed E-state index contributed by atoms with van der Waals surface area (Å²) in [7, 11) is 1.05. The zero-order valence-corrected chi connectivity index (χ0v) is 19.8. The van der Waals surface area contributed by atoms with Crippen molar-refractivity contribution >= 4 is 24.7 Å². The average molecular weight is 457 g/mol. The van der Waals surface area contributed by atoms with Gasteiger partial charge in [0.2, 0.25) is 0 Å². The molecule has 1 heterocycles. The first kappa shape index (κ1) is 26.3. The molecule has 0 unspecified atom stereocenters. The summed E-state index contributed by atoms with van der Waals surface area (Å²) in [6, 6.07) is 4.05. The van der Waals surface area contributed by atoms with Gasteiger partial charge in [-0.05, 0) is 66.1 Å². The van der Waals surface area contributed by atoms with Gasteiger partial charge < -0.3 is 24.3 Å². The van der Waals surface area contributed by atoms with Crippen molar-refractivity contribution in [3.05, 3.63) is 23.8 Å². The second-order valence-electron chi connectivity index (χ2n) is 10.0. The van der Waals surface area contributed by atoms with E-state index in [1.165, 1.54) is 19.9 Å². The van der Waals surface area contributed by atoms with Gasteiger partial charge in [-0.15, -0.1) is 0 Å². The summed E-state index contributed by atoms with van der Waals surface area (Å²) in [6.45, 7) is 13.1. The first-order valence-corrected chi connectivity index (χ1v) is 10.6. The van der Waals surface area contributed by atoms with Crippen LogP contribution in [0.15, 0.2) is 18.2 Å². The molecular formula is C22H33BF3N2O4. The van der Waals surface area contributed by atoms with Crippen LogP contribution in [0, 0.1) is 0 Å². The Hall–Kier alpha value is -1.94. The van der Waals surface area contributed by atoms with Crippen LogP contribution in [0.2, 0.25) is 0 Å². The van der Waals surface area contributed by atoms with E-state index in [0.717, 1.165) is 13.5 Å². The summed E-state index contributed by atoms with van der Waals surface area (Å²) in [5.41, 5.74) is -3.48. The van der Waals surface area contributed by atoms with E-state index in [1.807, 2.05) is 4.90 Å². The quantitative estimate of drug-likeness (QED) is 0.686. The number of anilines is 1. The van der Waals surface area contributed by atoms with Crippen LogP contribution in [0.4, 0.5) is 23.7 Å². The molecule has 1 aromatic rings. The van der Waals surface area contributed by atoms with Crippen molar-refractivity contribution in [2.45, 2.75) is 71.4 Å². The molecule has 10 heteroatoms. The first-order chi connectivity index (χ1) is 14.4. The average Bonchev–Trinajstić information content (AvgIpc) is 2.63. The van der Waals surface area contributed by atoms with E-state index >= 15 is 0 Å². The number of piperazine rings is 1. The molecule has 0 aromatic heterocycles. The predicted molar refractivity (Wildman–Crippen MR) is 118 cm³/mol. The zero-order valence-electron chi connectivity index (χ0n) is 19.8. The van der Waals surface area contributed by atoms with Crippen molar-refractivity contribution in [1.82, 2.24) is 4.90 Å². The Kier molecular flexibility index (Phi) is 7.51. The Morgan fingerprint density at radius 1 is 1.00 bits per heavy atom. The molecular weight excluding hydrogens is 424 g/mol. The molecule has 1 fully saturated rings. The van der Waals surface area contributed by atoms with Crippen LogP contribution >= 0.6 is 0 Å². The number of aliphatic hydroxyl groups is 1. The van der Waals surface area contributed by atoms with Gasteiger partial charge in [0.15, 0.2) is 0 Å². The van der Waals surface area contributed by atoms with Crippen LogP contribution in [0.25, 0.3) is 0 Å². The van der Waals surface area contributed by atoms with E-state index in [2.05, 4.69) is 0 Å². The van der Waals surface area contributed by atoms with Gasteiger partial charge in [0.25, 0.3) is 0 Å². The lowest BCUT2D eigenvalue weighted by atomic mass is 9.80. The third kappa shape index (κ3) is 6.78. The fourth-order valence-electron chi connectivity index (χ4n) is 2.92. The summed E-state index contributed by atoms with van der Waals surface area (Å²) >= 11 is 0. The Morgan fingerprint density at radius 3 is 2.03 bits per heavy atom. The zero-order chi connectivity index (χ0) is 24.5. The number of amides is 1. The fraction of sp³-hybridized carbons (Fsp3) is 0.682. The molecule has 2 rings (SSSR count). The molecule has 1 saturated heterocycles. The predicted octanol–water partition coefficient (Wildman–Crippen LogP) is 3.57. The summed E-state index contributed by atoms with van der Waals surface area (Å²) in [4.78, 5) is 15.6. The molecule has 0 aliphatic carbocycles. The van der Waals surface area contributed by atoms with Crippen LogP contribution < -0.4 is 10.4 Å². The number of hydrogen-bond donors (Lipinski definition) is 1. The van der Waals surface area contributed by atoms with Crippen molar-refractivity contribution in [3.63, 3.8) is 0 Å². The molecule has 179 valence electrons. The van der Waals surface area contributed by atoms with Gasteiger partial charge in [0.1, 0.15) is 5.60 Å². The first-order valence-electron chi connectivity index (χ1n) is 10.6. The molecule has 0 bridgehead atoms. The van der Waals surface area contributed by atoms with Crippen molar-refractivity contribution in [2.24, 2.45) is 0 Å². The Labute approximate surface area is 188 Å². The van der Waals surface area contributed by atoms with Crippen LogP contribution in [0.5, 0.6) is 0 Å². The molecule has 0 saturated carbocycles. The third-order valence-electron chi connectivity index (χ3n) is 5.59. The number of halogens is 3. The normalized spacial score (nSPS) is 16.2. The summed E-state index contributed by atoms with van der Waals surface area (Å²) in [5.74, 6) is 0. The van der Waals surface area contributed by atoms with Gasteiger partial charge >= 0.3 is 19.8 Å². The van der Waals surface area contributed by atoms with E-state index in [4.69, 9.17) is 9.39 Å². The molecule has 32 heavy (non-hydrogen) atoms. The maximum Gasteiger partial charge on any atom is 0.416 e. The molecule has 1 aliphatic heterocycles. The molecule has 0 spiro atoms. The van der Waals surface area contributed by atoms with Gasteiger partial charge in [0, 0.05) is 31.9 Å². The Bertz CT molecular complexity index is 809. The lowest BCUT2D eigenvalue weighted by Gasteiger charge is -2.38. The van der Waals surface area contributed by atoms with Crippen LogP contribution in [-0.4, -0.2) is 66.6 Å².